The van der Waals surface area contributed by atoms with Crippen LogP contribution in [0.1, 0.15) is 21.5 Å². The molecule has 0 bridgehead atoms. The molecular formula is C25H26N4O3S. The number of nitrogens with one attached hydrogen (secondary N) is 1. The zero-order valence-electron chi connectivity index (χ0n) is 18.8. The number of para-hydroxylation sites is 1. The Morgan fingerprint density at radius 2 is 1.85 bits per heavy atom. The molecule has 1 amide bonds. The van der Waals surface area contributed by atoms with Crippen molar-refractivity contribution in [3.8, 4) is 0 Å². The molecule has 0 radical (unpaired) electrons. The first-order valence-electron chi connectivity index (χ1n) is 11.1. The molecule has 0 atom stereocenters. The molecule has 7 nitrogen and oxygen atoms in total. The molecule has 0 aliphatic carbocycles. The van der Waals surface area contributed by atoms with Crippen molar-refractivity contribution in [1.29, 1.82) is 0 Å². The summed E-state index contributed by atoms with van der Waals surface area (Å²) >= 11 is 1.77. The van der Waals surface area contributed by atoms with Crippen LogP contribution < -0.4 is 15.8 Å². The normalized spacial score (nSPS) is 14.8. The number of benzene rings is 2. The van der Waals surface area contributed by atoms with Gasteiger partial charge in [-0.05, 0) is 37.1 Å². The van der Waals surface area contributed by atoms with E-state index in [1.54, 1.807) is 29.5 Å². The Morgan fingerprint density at radius 3 is 2.64 bits per heavy atom. The molecule has 5 rings (SSSR count). The second-order valence-electron chi connectivity index (χ2n) is 8.44. The minimum atomic E-state index is -0.610. The maximum atomic E-state index is 12.5. The van der Waals surface area contributed by atoms with Crippen LogP contribution in [0.2, 0.25) is 0 Å². The first-order valence-corrected chi connectivity index (χ1v) is 12.0. The third kappa shape index (κ3) is 4.36. The van der Waals surface area contributed by atoms with Crippen molar-refractivity contribution in [2.75, 3.05) is 44.2 Å². The molecule has 0 spiro atoms. The van der Waals surface area contributed by atoms with Gasteiger partial charge in [-0.25, -0.2) is 9.78 Å². The molecule has 170 valence electrons. The van der Waals surface area contributed by atoms with Crippen LogP contribution in [0.4, 0.5) is 5.13 Å². The number of nitrogens with zero attached hydrogens (tertiary/aromatic N) is 3. The SMILES string of the molecule is Cc1ccc(C)c2sc(N3CCN(CCNC(=O)c4cc5ccccc5oc4=O)CC3)nc12. The van der Waals surface area contributed by atoms with Crippen LogP contribution in [0.5, 0.6) is 0 Å². The van der Waals surface area contributed by atoms with Gasteiger partial charge in [-0.1, -0.05) is 41.7 Å². The average molecular weight is 463 g/mol. The number of fused-ring (bicyclic) bond motifs is 2. The van der Waals surface area contributed by atoms with Crippen LogP contribution in [0.3, 0.4) is 0 Å². The molecule has 1 aliphatic heterocycles. The highest BCUT2D eigenvalue weighted by Crippen LogP contribution is 2.33. The Balaban J connectivity index is 1.15. The topological polar surface area (TPSA) is 78.7 Å². The second-order valence-corrected chi connectivity index (χ2v) is 9.42. The molecule has 2 aromatic heterocycles. The Hall–Kier alpha value is -3.23. The number of hydrogen-bond acceptors (Lipinski definition) is 7. The molecule has 0 saturated carbocycles. The van der Waals surface area contributed by atoms with Crippen LogP contribution in [0.15, 0.2) is 51.7 Å². The van der Waals surface area contributed by atoms with Crippen LogP contribution in [-0.4, -0.2) is 55.1 Å². The Kier molecular flexibility index (Phi) is 5.86. The van der Waals surface area contributed by atoms with Gasteiger partial charge in [-0.3, -0.25) is 9.69 Å². The summed E-state index contributed by atoms with van der Waals surface area (Å²) < 4.78 is 6.53. The lowest BCUT2D eigenvalue weighted by Gasteiger charge is -2.34. The van der Waals surface area contributed by atoms with Crippen LogP contribution in [0, 0.1) is 13.8 Å². The number of hydrogen-bond donors (Lipinski definition) is 1. The van der Waals surface area contributed by atoms with Crippen molar-refractivity contribution in [3.05, 3.63) is 69.6 Å². The van der Waals surface area contributed by atoms with Crippen LogP contribution in [0.25, 0.3) is 21.2 Å². The van der Waals surface area contributed by atoms with Crippen molar-refractivity contribution >= 4 is 43.6 Å². The number of piperazine rings is 1. The van der Waals surface area contributed by atoms with E-state index in [1.165, 1.54) is 15.8 Å². The van der Waals surface area contributed by atoms with Gasteiger partial charge in [-0.2, -0.15) is 0 Å². The summed E-state index contributed by atoms with van der Waals surface area (Å²) in [7, 11) is 0. The highest BCUT2D eigenvalue weighted by atomic mass is 32.1. The predicted octanol–water partition coefficient (Wildman–Crippen LogP) is 3.57. The lowest BCUT2D eigenvalue weighted by molar-refractivity contribution is 0.0944. The summed E-state index contributed by atoms with van der Waals surface area (Å²) in [6.45, 7) is 9.07. The van der Waals surface area contributed by atoms with Crippen LogP contribution >= 0.6 is 11.3 Å². The van der Waals surface area contributed by atoms with Gasteiger partial charge in [0, 0.05) is 44.7 Å². The minimum Gasteiger partial charge on any atom is -0.422 e. The predicted molar refractivity (Wildman–Crippen MR) is 133 cm³/mol. The van der Waals surface area contributed by atoms with E-state index in [1.807, 2.05) is 12.1 Å². The quantitative estimate of drug-likeness (QED) is 0.457. The lowest BCUT2D eigenvalue weighted by atomic mass is 10.1. The molecule has 1 saturated heterocycles. The second kappa shape index (κ2) is 8.96. The van der Waals surface area contributed by atoms with Gasteiger partial charge in [0.2, 0.25) is 0 Å². The fraction of sp³-hybridized carbons (Fsp3) is 0.320. The third-order valence-electron chi connectivity index (χ3n) is 6.17. The zero-order chi connectivity index (χ0) is 22.9. The molecule has 4 aromatic rings. The number of carbonyl (C=O) groups excluding carboxylic acids is 1. The molecule has 1 fully saturated rings. The molecular weight excluding hydrogens is 436 g/mol. The average Bonchev–Trinajstić information content (AvgIpc) is 3.28. The molecule has 0 unspecified atom stereocenters. The molecule has 2 aromatic carbocycles. The van der Waals surface area contributed by atoms with E-state index in [4.69, 9.17) is 9.40 Å². The van der Waals surface area contributed by atoms with E-state index in [0.29, 0.717) is 12.1 Å². The van der Waals surface area contributed by atoms with Gasteiger partial charge in [-0.15, -0.1) is 0 Å². The third-order valence-corrected chi connectivity index (χ3v) is 7.42. The zero-order valence-corrected chi connectivity index (χ0v) is 19.6. The maximum absolute atomic E-state index is 12.5. The molecule has 33 heavy (non-hydrogen) atoms. The number of anilines is 1. The standard InChI is InChI=1S/C25H26N4O3S/c1-16-7-8-17(2)22-21(16)27-25(33-22)29-13-11-28(12-14-29)10-9-26-23(30)19-15-18-5-3-4-6-20(18)32-24(19)31/h3-8,15H,9-14H2,1-2H3,(H,26,30). The molecule has 8 heteroatoms. The number of aromatic nitrogens is 1. The van der Waals surface area contributed by atoms with Gasteiger partial charge in [0.05, 0.1) is 10.2 Å². The summed E-state index contributed by atoms with van der Waals surface area (Å²) in [4.78, 5) is 34.3. The highest BCUT2D eigenvalue weighted by molar-refractivity contribution is 7.22. The van der Waals surface area contributed by atoms with Crippen LogP contribution in [-0.2, 0) is 0 Å². The maximum Gasteiger partial charge on any atom is 0.349 e. The molecule has 1 N–H and O–H groups in total. The number of amides is 1. The van der Waals surface area contributed by atoms with Crippen molar-refractivity contribution in [1.82, 2.24) is 15.2 Å². The van der Waals surface area contributed by atoms with Gasteiger partial charge >= 0.3 is 5.63 Å². The van der Waals surface area contributed by atoms with E-state index in [-0.39, 0.29) is 5.56 Å². The first-order chi connectivity index (χ1) is 16.0. The minimum absolute atomic E-state index is 0.0416. The summed E-state index contributed by atoms with van der Waals surface area (Å²) in [5.74, 6) is -0.395. The van der Waals surface area contributed by atoms with Gasteiger partial charge in [0.15, 0.2) is 5.13 Å². The first kappa shape index (κ1) is 21.6. The Bertz CT molecular complexity index is 1350. The van der Waals surface area contributed by atoms with Crippen molar-refractivity contribution in [3.63, 3.8) is 0 Å². The van der Waals surface area contributed by atoms with E-state index in [0.717, 1.165) is 48.8 Å². The van der Waals surface area contributed by atoms with Gasteiger partial charge < -0.3 is 14.6 Å². The fourth-order valence-corrected chi connectivity index (χ4v) is 5.35. The Labute approximate surface area is 195 Å². The van der Waals surface area contributed by atoms with Gasteiger partial charge in [0.1, 0.15) is 11.1 Å². The number of carbonyl (C=O) groups is 1. The van der Waals surface area contributed by atoms with Gasteiger partial charge in [0.25, 0.3) is 5.91 Å². The number of rotatable bonds is 5. The van der Waals surface area contributed by atoms with E-state index < -0.39 is 11.5 Å². The van der Waals surface area contributed by atoms with E-state index >= 15 is 0 Å². The summed E-state index contributed by atoms with van der Waals surface area (Å²) in [6.07, 6.45) is 0. The smallest absolute Gasteiger partial charge is 0.349 e. The highest BCUT2D eigenvalue weighted by Gasteiger charge is 2.21. The van der Waals surface area contributed by atoms with Crippen molar-refractivity contribution in [2.24, 2.45) is 0 Å². The Morgan fingerprint density at radius 1 is 1.09 bits per heavy atom. The largest absolute Gasteiger partial charge is 0.422 e. The fourth-order valence-electron chi connectivity index (χ4n) is 4.19. The number of aryl methyl sites for hydroxylation is 2. The van der Waals surface area contributed by atoms with Crippen molar-refractivity contribution in [2.45, 2.75) is 13.8 Å². The molecule has 3 heterocycles. The summed E-state index contributed by atoms with van der Waals surface area (Å²) in [5.41, 5.74) is 3.51. The monoisotopic (exact) mass is 462 g/mol. The van der Waals surface area contributed by atoms with E-state index in [9.17, 15) is 9.59 Å². The molecule has 1 aliphatic rings. The number of thiazole rings is 1. The lowest BCUT2D eigenvalue weighted by Crippen LogP contribution is -2.48. The summed E-state index contributed by atoms with van der Waals surface area (Å²) in [5, 5.41) is 4.68. The summed E-state index contributed by atoms with van der Waals surface area (Å²) in [6, 6.07) is 13.1. The van der Waals surface area contributed by atoms with E-state index in [2.05, 4.69) is 41.1 Å². The van der Waals surface area contributed by atoms with Crippen molar-refractivity contribution < 1.29 is 9.21 Å².